The number of ether oxygens (including phenoxy) is 2. The number of aryl methyl sites for hydroxylation is 1. The lowest BCUT2D eigenvalue weighted by Gasteiger charge is -2.14. The quantitative estimate of drug-likeness (QED) is 0.584. The van der Waals surface area contributed by atoms with Gasteiger partial charge in [0.15, 0.2) is 6.10 Å². The van der Waals surface area contributed by atoms with Gasteiger partial charge in [0.25, 0.3) is 0 Å². The molecular weight excluding hydrogens is 378 g/mol. The van der Waals surface area contributed by atoms with Crippen LogP contribution in [0.1, 0.15) is 23.7 Å². The molecule has 1 heterocycles. The summed E-state index contributed by atoms with van der Waals surface area (Å²) in [4.78, 5) is 12.3. The van der Waals surface area contributed by atoms with Gasteiger partial charge in [-0.3, -0.25) is 0 Å². The van der Waals surface area contributed by atoms with E-state index in [4.69, 9.17) is 26.3 Å². The average Bonchev–Trinajstić information content (AvgIpc) is 3.01. The van der Waals surface area contributed by atoms with E-state index in [0.717, 1.165) is 5.69 Å². The van der Waals surface area contributed by atoms with Crippen LogP contribution in [0.4, 0.5) is 0 Å². The zero-order valence-corrected chi connectivity index (χ0v) is 16.2. The number of nitrogens with zero attached hydrogens (tertiary/aromatic N) is 3. The molecule has 0 saturated heterocycles. The van der Waals surface area contributed by atoms with E-state index in [-0.39, 0.29) is 6.61 Å². The molecule has 2 aromatic carbocycles. The second-order valence-corrected chi connectivity index (χ2v) is 6.46. The summed E-state index contributed by atoms with van der Waals surface area (Å²) in [5.74, 6) is -0.0400. The number of para-hydroxylation sites is 1. The van der Waals surface area contributed by atoms with E-state index in [1.54, 1.807) is 35.9 Å². The van der Waals surface area contributed by atoms with Gasteiger partial charge in [-0.15, -0.1) is 0 Å². The molecule has 0 spiro atoms. The Morgan fingerprint density at radius 3 is 2.54 bits per heavy atom. The first-order valence-corrected chi connectivity index (χ1v) is 9.00. The molecule has 0 fully saturated rings. The minimum atomic E-state index is -0.809. The van der Waals surface area contributed by atoms with Crippen LogP contribution in [0.5, 0.6) is 5.75 Å². The van der Waals surface area contributed by atoms with Crippen molar-refractivity contribution >= 4 is 17.6 Å². The summed E-state index contributed by atoms with van der Waals surface area (Å²) in [6, 6.07) is 18.0. The Labute approximate surface area is 167 Å². The molecule has 7 heteroatoms. The molecule has 0 bridgehead atoms. The second kappa shape index (κ2) is 8.59. The van der Waals surface area contributed by atoms with Crippen molar-refractivity contribution in [2.75, 3.05) is 0 Å². The lowest BCUT2D eigenvalue weighted by Crippen LogP contribution is -2.26. The van der Waals surface area contributed by atoms with Gasteiger partial charge in [-0.05, 0) is 50.2 Å². The predicted octanol–water partition coefficient (Wildman–Crippen LogP) is 4.22. The minimum Gasteiger partial charge on any atom is -0.479 e. The lowest BCUT2D eigenvalue weighted by atomic mass is 10.2. The summed E-state index contributed by atoms with van der Waals surface area (Å²) in [6.07, 6.45) is -0.809. The summed E-state index contributed by atoms with van der Waals surface area (Å²) < 4.78 is 12.5. The zero-order valence-electron chi connectivity index (χ0n) is 15.4. The van der Waals surface area contributed by atoms with Crippen molar-refractivity contribution in [2.24, 2.45) is 0 Å². The third-order valence-corrected chi connectivity index (χ3v) is 4.50. The molecule has 0 aliphatic rings. The Hall–Kier alpha value is -3.30. The molecule has 28 heavy (non-hydrogen) atoms. The fourth-order valence-electron chi connectivity index (χ4n) is 2.56. The summed E-state index contributed by atoms with van der Waals surface area (Å²) in [5, 5.41) is 13.6. The topological polar surface area (TPSA) is 77.1 Å². The number of carbonyl (C=O) groups excluding carboxylic acids is 1. The molecule has 3 aromatic rings. The van der Waals surface area contributed by atoms with Gasteiger partial charge in [0.05, 0.1) is 23.0 Å². The number of benzene rings is 2. The van der Waals surface area contributed by atoms with E-state index >= 15 is 0 Å². The smallest absolute Gasteiger partial charge is 0.347 e. The van der Waals surface area contributed by atoms with Crippen molar-refractivity contribution in [1.29, 1.82) is 5.26 Å². The van der Waals surface area contributed by atoms with E-state index in [9.17, 15) is 4.79 Å². The number of rotatable bonds is 6. The number of halogens is 1. The molecule has 0 radical (unpaired) electrons. The maximum absolute atomic E-state index is 12.3. The summed E-state index contributed by atoms with van der Waals surface area (Å²) in [6.45, 7) is 3.41. The van der Waals surface area contributed by atoms with Crippen LogP contribution in [0.15, 0.2) is 54.6 Å². The summed E-state index contributed by atoms with van der Waals surface area (Å²) in [5.41, 5.74) is 2.67. The maximum Gasteiger partial charge on any atom is 0.347 e. The SMILES string of the molecule is Cc1nn(-c2ccccc2)c(Cl)c1COC(=O)[C@@H](C)Oc1ccc(C#N)cc1. The van der Waals surface area contributed by atoms with Gasteiger partial charge >= 0.3 is 5.97 Å². The first kappa shape index (κ1) is 19.5. The third-order valence-electron chi connectivity index (χ3n) is 4.11. The van der Waals surface area contributed by atoms with Crippen LogP contribution in [0, 0.1) is 18.3 Å². The molecule has 0 amide bonds. The normalized spacial score (nSPS) is 11.5. The van der Waals surface area contributed by atoms with E-state index in [2.05, 4.69) is 5.10 Å². The van der Waals surface area contributed by atoms with E-state index in [0.29, 0.717) is 27.7 Å². The van der Waals surface area contributed by atoms with Crippen molar-refractivity contribution < 1.29 is 14.3 Å². The molecule has 1 aromatic heterocycles. The highest BCUT2D eigenvalue weighted by Crippen LogP contribution is 2.24. The molecule has 0 N–H and O–H groups in total. The molecule has 142 valence electrons. The van der Waals surface area contributed by atoms with E-state index in [1.807, 2.05) is 43.3 Å². The largest absolute Gasteiger partial charge is 0.479 e. The van der Waals surface area contributed by atoms with Gasteiger partial charge in [0.1, 0.15) is 17.5 Å². The second-order valence-electron chi connectivity index (χ2n) is 6.11. The van der Waals surface area contributed by atoms with Gasteiger partial charge in [-0.1, -0.05) is 29.8 Å². The fourth-order valence-corrected chi connectivity index (χ4v) is 2.88. The minimum absolute atomic E-state index is 0.00258. The van der Waals surface area contributed by atoms with Gasteiger partial charge in [-0.25, -0.2) is 9.48 Å². The Morgan fingerprint density at radius 1 is 1.21 bits per heavy atom. The number of hydrogen-bond donors (Lipinski definition) is 0. The first-order chi connectivity index (χ1) is 13.5. The summed E-state index contributed by atoms with van der Waals surface area (Å²) in [7, 11) is 0. The van der Waals surface area contributed by atoms with Crippen molar-refractivity contribution in [2.45, 2.75) is 26.6 Å². The third kappa shape index (κ3) is 4.33. The van der Waals surface area contributed by atoms with Crippen LogP contribution in [0.25, 0.3) is 5.69 Å². The number of hydrogen-bond acceptors (Lipinski definition) is 5. The molecule has 0 aliphatic heterocycles. The highest BCUT2D eigenvalue weighted by molar-refractivity contribution is 6.30. The van der Waals surface area contributed by atoms with Gasteiger partial charge in [0, 0.05) is 5.56 Å². The van der Waals surface area contributed by atoms with E-state index < -0.39 is 12.1 Å². The average molecular weight is 396 g/mol. The summed E-state index contributed by atoms with van der Waals surface area (Å²) >= 11 is 6.44. The maximum atomic E-state index is 12.3. The number of esters is 1. The Balaban J connectivity index is 1.64. The standard InChI is InChI=1S/C21H18ClN3O3/c1-14-19(20(22)25(24-14)17-6-4-3-5-7-17)13-27-21(26)15(2)28-18-10-8-16(12-23)9-11-18/h3-11,15H,13H2,1-2H3/t15-/m1/s1. The lowest BCUT2D eigenvalue weighted by molar-refractivity contribution is -0.152. The zero-order chi connectivity index (χ0) is 20.1. The Kier molecular flexibility index (Phi) is 5.97. The van der Waals surface area contributed by atoms with Gasteiger partial charge in [0.2, 0.25) is 0 Å². The van der Waals surface area contributed by atoms with Gasteiger partial charge < -0.3 is 9.47 Å². The van der Waals surface area contributed by atoms with Crippen LogP contribution in [0.2, 0.25) is 5.15 Å². The molecular formula is C21H18ClN3O3. The van der Waals surface area contributed by atoms with E-state index in [1.165, 1.54) is 0 Å². The predicted molar refractivity (Wildman–Crippen MR) is 104 cm³/mol. The number of carbonyl (C=O) groups is 1. The molecule has 0 saturated carbocycles. The Bertz CT molecular complexity index is 1010. The molecule has 0 unspecified atom stereocenters. The first-order valence-electron chi connectivity index (χ1n) is 8.62. The van der Waals surface area contributed by atoms with Crippen LogP contribution in [-0.4, -0.2) is 21.9 Å². The molecule has 0 aliphatic carbocycles. The number of aromatic nitrogens is 2. The molecule has 3 rings (SSSR count). The molecule has 6 nitrogen and oxygen atoms in total. The van der Waals surface area contributed by atoms with Crippen LogP contribution >= 0.6 is 11.6 Å². The van der Waals surface area contributed by atoms with Gasteiger partial charge in [-0.2, -0.15) is 10.4 Å². The highest BCUT2D eigenvalue weighted by atomic mass is 35.5. The highest BCUT2D eigenvalue weighted by Gasteiger charge is 2.20. The van der Waals surface area contributed by atoms with Crippen LogP contribution in [-0.2, 0) is 16.1 Å². The van der Waals surface area contributed by atoms with Crippen molar-refractivity contribution in [3.63, 3.8) is 0 Å². The van der Waals surface area contributed by atoms with Crippen LogP contribution in [0.3, 0.4) is 0 Å². The molecule has 1 atom stereocenters. The van der Waals surface area contributed by atoms with Crippen LogP contribution < -0.4 is 4.74 Å². The van der Waals surface area contributed by atoms with Crippen molar-refractivity contribution in [1.82, 2.24) is 9.78 Å². The Morgan fingerprint density at radius 2 is 1.89 bits per heavy atom. The van der Waals surface area contributed by atoms with Crippen molar-refractivity contribution in [3.05, 3.63) is 76.6 Å². The number of nitriles is 1. The van der Waals surface area contributed by atoms with Crippen molar-refractivity contribution in [3.8, 4) is 17.5 Å². The fraction of sp³-hybridized carbons (Fsp3) is 0.190. The monoisotopic (exact) mass is 395 g/mol.